The summed E-state index contributed by atoms with van der Waals surface area (Å²) in [6, 6.07) is 16.2. The van der Waals surface area contributed by atoms with Crippen molar-refractivity contribution in [3.05, 3.63) is 83.9 Å². The molecule has 196 valence electrons. The first kappa shape index (κ1) is 27.0. The van der Waals surface area contributed by atoms with Crippen LogP contribution < -0.4 is 10.6 Å². The number of pyridine rings is 2. The van der Waals surface area contributed by atoms with Gasteiger partial charge in [0.15, 0.2) is 5.82 Å². The van der Waals surface area contributed by atoms with Crippen LogP contribution >= 0.6 is 0 Å². The van der Waals surface area contributed by atoms with Crippen LogP contribution in [0.2, 0.25) is 0 Å². The number of aryl methyl sites for hydroxylation is 1. The minimum absolute atomic E-state index is 0.0791. The Labute approximate surface area is 226 Å². The van der Waals surface area contributed by atoms with Crippen LogP contribution in [-0.4, -0.2) is 45.5 Å². The molecule has 2 amide bonds. The maximum atomic E-state index is 13.0. The van der Waals surface area contributed by atoms with E-state index in [1.165, 1.54) is 13.3 Å². The molecule has 1 aromatic carbocycles. The average Bonchev–Trinajstić information content (AvgIpc) is 2.94. The molecule has 0 spiro atoms. The fourth-order valence-electron chi connectivity index (χ4n) is 3.75. The number of aromatic nitrogens is 4. The molecule has 0 saturated carbocycles. The first-order chi connectivity index (χ1) is 18.7. The average molecular weight is 522 g/mol. The third kappa shape index (κ3) is 6.47. The van der Waals surface area contributed by atoms with E-state index < -0.39 is 5.41 Å². The molecule has 0 aliphatic rings. The van der Waals surface area contributed by atoms with E-state index in [0.29, 0.717) is 39.8 Å². The highest BCUT2D eigenvalue weighted by Crippen LogP contribution is 2.28. The summed E-state index contributed by atoms with van der Waals surface area (Å²) in [4.78, 5) is 42.4. The minimum atomic E-state index is -0.816. The van der Waals surface area contributed by atoms with Crippen LogP contribution in [0.3, 0.4) is 0 Å². The van der Waals surface area contributed by atoms with Crippen molar-refractivity contribution in [1.29, 1.82) is 5.26 Å². The summed E-state index contributed by atoms with van der Waals surface area (Å²) in [5, 5.41) is 15.0. The SMILES string of the molecule is COCC(=O)Nc1cc(-c2nccc(-c3cc(NC(=O)c4ccnc(C(C)(C)C#N)c4)ccc3C)n2)ccn1. The summed E-state index contributed by atoms with van der Waals surface area (Å²) >= 11 is 0. The number of nitrogens with zero attached hydrogens (tertiary/aromatic N) is 5. The van der Waals surface area contributed by atoms with Crippen molar-refractivity contribution in [2.75, 3.05) is 24.4 Å². The second kappa shape index (κ2) is 11.6. The highest BCUT2D eigenvalue weighted by molar-refractivity contribution is 6.04. The van der Waals surface area contributed by atoms with E-state index >= 15 is 0 Å². The van der Waals surface area contributed by atoms with Crippen molar-refractivity contribution < 1.29 is 14.3 Å². The first-order valence-electron chi connectivity index (χ1n) is 12.1. The van der Waals surface area contributed by atoms with Gasteiger partial charge in [-0.05, 0) is 68.8 Å². The van der Waals surface area contributed by atoms with Gasteiger partial charge in [-0.1, -0.05) is 6.07 Å². The summed E-state index contributed by atoms with van der Waals surface area (Å²) in [5.41, 5.74) is 3.82. The highest BCUT2D eigenvalue weighted by atomic mass is 16.5. The lowest BCUT2D eigenvalue weighted by atomic mass is 9.90. The largest absolute Gasteiger partial charge is 0.375 e. The van der Waals surface area contributed by atoms with Crippen molar-refractivity contribution in [1.82, 2.24) is 19.9 Å². The van der Waals surface area contributed by atoms with Crippen molar-refractivity contribution in [3.8, 4) is 28.7 Å². The van der Waals surface area contributed by atoms with Gasteiger partial charge >= 0.3 is 0 Å². The molecule has 3 aromatic heterocycles. The van der Waals surface area contributed by atoms with Crippen LogP contribution in [-0.2, 0) is 14.9 Å². The molecule has 39 heavy (non-hydrogen) atoms. The number of hydrogen-bond donors (Lipinski definition) is 2. The molecule has 3 heterocycles. The van der Waals surface area contributed by atoms with Gasteiger partial charge < -0.3 is 15.4 Å². The number of benzene rings is 1. The number of ether oxygens (including phenoxy) is 1. The number of hydrogen-bond acceptors (Lipinski definition) is 8. The standard InChI is InChI=1S/C29H27N7O3/c1-18-5-6-21(34-28(38)20-8-10-31-24(13-20)29(2,3)17-30)15-22(18)23-9-12-33-27(35-23)19-7-11-32-25(14-19)36-26(37)16-39-4/h5-15H,16H2,1-4H3,(H,34,38)(H,32,36,37). The smallest absolute Gasteiger partial charge is 0.255 e. The van der Waals surface area contributed by atoms with Crippen LogP contribution in [0, 0.1) is 18.3 Å². The molecular weight excluding hydrogens is 494 g/mol. The van der Waals surface area contributed by atoms with Gasteiger partial charge in [0.1, 0.15) is 12.4 Å². The molecule has 2 N–H and O–H groups in total. The normalized spacial score (nSPS) is 10.9. The van der Waals surface area contributed by atoms with E-state index in [2.05, 4.69) is 31.7 Å². The quantitative estimate of drug-likeness (QED) is 0.344. The van der Waals surface area contributed by atoms with Crippen LogP contribution in [0.15, 0.2) is 67.1 Å². The number of carbonyl (C=O) groups is 2. The van der Waals surface area contributed by atoms with Crippen molar-refractivity contribution in [2.24, 2.45) is 0 Å². The van der Waals surface area contributed by atoms with Gasteiger partial charge in [0, 0.05) is 48.1 Å². The van der Waals surface area contributed by atoms with Crippen LogP contribution in [0.25, 0.3) is 22.6 Å². The van der Waals surface area contributed by atoms with Gasteiger partial charge in [-0.3, -0.25) is 14.6 Å². The molecule has 0 radical (unpaired) electrons. The summed E-state index contributed by atoms with van der Waals surface area (Å²) in [5.74, 6) is 0.186. The number of nitriles is 1. The Hall–Kier alpha value is -5.01. The molecule has 0 aliphatic carbocycles. The van der Waals surface area contributed by atoms with Gasteiger partial charge in [-0.25, -0.2) is 15.0 Å². The van der Waals surface area contributed by atoms with E-state index in [0.717, 1.165) is 11.1 Å². The Bertz CT molecular complexity index is 1580. The third-order valence-electron chi connectivity index (χ3n) is 5.93. The van der Waals surface area contributed by atoms with Gasteiger partial charge in [0.2, 0.25) is 0 Å². The Balaban J connectivity index is 1.59. The maximum absolute atomic E-state index is 13.0. The highest BCUT2D eigenvalue weighted by Gasteiger charge is 2.22. The van der Waals surface area contributed by atoms with Crippen molar-refractivity contribution in [2.45, 2.75) is 26.2 Å². The fraction of sp³-hybridized carbons (Fsp3) is 0.207. The molecule has 10 heteroatoms. The number of amides is 2. The summed E-state index contributed by atoms with van der Waals surface area (Å²) in [6.45, 7) is 5.38. The molecule has 4 rings (SSSR count). The van der Waals surface area contributed by atoms with Crippen molar-refractivity contribution in [3.63, 3.8) is 0 Å². The predicted molar refractivity (Wildman–Crippen MR) is 147 cm³/mol. The lowest BCUT2D eigenvalue weighted by molar-refractivity contribution is -0.119. The molecule has 0 bridgehead atoms. The second-order valence-corrected chi connectivity index (χ2v) is 9.33. The van der Waals surface area contributed by atoms with E-state index in [9.17, 15) is 14.9 Å². The zero-order valence-electron chi connectivity index (χ0n) is 22.0. The Morgan fingerprint density at radius 3 is 2.51 bits per heavy atom. The predicted octanol–water partition coefficient (Wildman–Crippen LogP) is 4.55. The van der Waals surface area contributed by atoms with E-state index in [4.69, 9.17) is 9.72 Å². The molecule has 0 aliphatic heterocycles. The lowest BCUT2D eigenvalue weighted by Gasteiger charge is -2.15. The van der Waals surface area contributed by atoms with Gasteiger partial charge in [0.05, 0.1) is 22.9 Å². The van der Waals surface area contributed by atoms with Crippen LogP contribution in [0.1, 0.15) is 35.5 Å². The lowest BCUT2D eigenvalue weighted by Crippen LogP contribution is -2.18. The van der Waals surface area contributed by atoms with Crippen LogP contribution in [0.5, 0.6) is 0 Å². The number of anilines is 2. The van der Waals surface area contributed by atoms with E-state index in [1.807, 2.05) is 25.1 Å². The monoisotopic (exact) mass is 521 g/mol. The molecule has 4 aromatic rings. The molecule has 0 atom stereocenters. The zero-order chi connectivity index (χ0) is 28.0. The second-order valence-electron chi connectivity index (χ2n) is 9.33. The Kier molecular flexibility index (Phi) is 8.03. The number of carbonyl (C=O) groups excluding carboxylic acids is 2. The minimum Gasteiger partial charge on any atom is -0.375 e. The maximum Gasteiger partial charge on any atom is 0.255 e. The molecule has 0 unspecified atom stereocenters. The first-order valence-corrected chi connectivity index (χ1v) is 12.1. The summed E-state index contributed by atoms with van der Waals surface area (Å²) < 4.78 is 4.84. The van der Waals surface area contributed by atoms with Gasteiger partial charge in [-0.2, -0.15) is 5.26 Å². The third-order valence-corrected chi connectivity index (χ3v) is 5.93. The molecular formula is C29H27N7O3. The summed E-state index contributed by atoms with van der Waals surface area (Å²) in [6.07, 6.45) is 4.75. The number of methoxy groups -OCH3 is 1. The summed E-state index contributed by atoms with van der Waals surface area (Å²) in [7, 11) is 1.44. The van der Waals surface area contributed by atoms with Crippen LogP contribution in [0.4, 0.5) is 11.5 Å². The number of nitrogens with one attached hydrogen (secondary N) is 2. The van der Waals surface area contributed by atoms with Crippen molar-refractivity contribution >= 4 is 23.3 Å². The molecule has 10 nitrogen and oxygen atoms in total. The fourth-order valence-corrected chi connectivity index (χ4v) is 3.75. The number of rotatable bonds is 8. The Morgan fingerprint density at radius 1 is 0.974 bits per heavy atom. The van der Waals surface area contributed by atoms with Gasteiger partial charge in [-0.15, -0.1) is 0 Å². The topological polar surface area (TPSA) is 143 Å². The van der Waals surface area contributed by atoms with Gasteiger partial charge in [0.25, 0.3) is 11.8 Å². The zero-order valence-corrected chi connectivity index (χ0v) is 22.0. The van der Waals surface area contributed by atoms with E-state index in [-0.39, 0.29) is 18.4 Å². The Morgan fingerprint density at radius 2 is 1.74 bits per heavy atom. The van der Waals surface area contributed by atoms with E-state index in [1.54, 1.807) is 56.6 Å². The molecule has 0 fully saturated rings. The molecule has 0 saturated heterocycles.